The van der Waals surface area contributed by atoms with Crippen LogP contribution in [0.5, 0.6) is 0 Å². The lowest BCUT2D eigenvalue weighted by Crippen LogP contribution is -2.45. The van der Waals surface area contributed by atoms with Crippen LogP contribution in [0, 0.1) is 0 Å². The zero-order valence-electron chi connectivity index (χ0n) is 12.0. The first-order valence-corrected chi connectivity index (χ1v) is 8.16. The highest BCUT2D eigenvalue weighted by atomic mass is 32.2. The second-order valence-corrected chi connectivity index (χ2v) is 7.18. The molecule has 0 unspecified atom stereocenters. The quantitative estimate of drug-likeness (QED) is 0.779. The van der Waals surface area contributed by atoms with E-state index in [2.05, 4.69) is 0 Å². The first-order valence-electron chi connectivity index (χ1n) is 6.36. The third-order valence-corrected chi connectivity index (χ3v) is 5.28. The number of rotatable bonds is 7. The van der Waals surface area contributed by atoms with E-state index in [1.807, 2.05) is 19.9 Å². The summed E-state index contributed by atoms with van der Waals surface area (Å²) < 4.78 is 28.0. The Labute approximate surface area is 126 Å². The molecule has 0 bridgehead atoms. The van der Waals surface area contributed by atoms with Gasteiger partial charge in [-0.3, -0.25) is 4.31 Å². The van der Waals surface area contributed by atoms with Crippen LogP contribution in [0.3, 0.4) is 0 Å². The summed E-state index contributed by atoms with van der Waals surface area (Å²) in [5, 5.41) is 0. The van der Waals surface area contributed by atoms with Crippen molar-refractivity contribution in [3.8, 4) is 0 Å². The molecule has 0 aliphatic rings. The van der Waals surface area contributed by atoms with Gasteiger partial charge in [0, 0.05) is 26.1 Å². The van der Waals surface area contributed by atoms with Gasteiger partial charge in [-0.05, 0) is 26.0 Å². The van der Waals surface area contributed by atoms with Crippen molar-refractivity contribution in [3.05, 3.63) is 30.3 Å². The molecular weight excluding hydrogens is 294 g/mol. The Hall–Kier alpha value is -1.18. The molecule has 1 aromatic rings. The second-order valence-electron chi connectivity index (χ2n) is 4.74. The van der Waals surface area contributed by atoms with Crippen LogP contribution in [0.15, 0.2) is 30.3 Å². The smallest absolute Gasteiger partial charge is 0.304 e. The largest absolute Gasteiger partial charge is 0.393 e. The van der Waals surface area contributed by atoms with Crippen molar-refractivity contribution in [1.82, 2.24) is 4.31 Å². The van der Waals surface area contributed by atoms with E-state index in [0.717, 1.165) is 0 Å². The summed E-state index contributed by atoms with van der Waals surface area (Å²) in [7, 11) is -2.03. The van der Waals surface area contributed by atoms with Crippen LogP contribution in [-0.4, -0.2) is 37.3 Å². The molecule has 2 N–H and O–H groups in total. The summed E-state index contributed by atoms with van der Waals surface area (Å²) >= 11 is 4.85. The fraction of sp³-hybridized carbons (Fsp3) is 0.462. The van der Waals surface area contributed by atoms with Gasteiger partial charge in [0.15, 0.2) is 0 Å². The summed E-state index contributed by atoms with van der Waals surface area (Å²) in [6.07, 6.45) is 0.343. The molecule has 0 heterocycles. The fourth-order valence-corrected chi connectivity index (χ4v) is 3.25. The Morgan fingerprint density at radius 1 is 1.30 bits per heavy atom. The molecule has 0 spiro atoms. The molecular formula is C13H21N3O2S2. The predicted molar refractivity (Wildman–Crippen MR) is 87.0 cm³/mol. The van der Waals surface area contributed by atoms with Gasteiger partial charge in [0.05, 0.1) is 10.7 Å². The lowest BCUT2D eigenvalue weighted by atomic mass is 10.3. The lowest BCUT2D eigenvalue weighted by molar-refractivity contribution is 0.408. The molecule has 0 aliphatic heterocycles. The summed E-state index contributed by atoms with van der Waals surface area (Å²) in [6, 6.07) is 8.82. The highest BCUT2D eigenvalue weighted by Gasteiger charge is 2.28. The van der Waals surface area contributed by atoms with Crippen LogP contribution in [0.1, 0.15) is 20.3 Å². The number of benzene rings is 1. The minimum absolute atomic E-state index is 0.129. The van der Waals surface area contributed by atoms with E-state index in [0.29, 0.717) is 17.1 Å². The molecule has 0 aliphatic carbocycles. The molecule has 0 saturated carbocycles. The highest BCUT2D eigenvalue weighted by molar-refractivity contribution is 7.90. The predicted octanol–water partition coefficient (Wildman–Crippen LogP) is 1.75. The Balaban J connectivity index is 3.14. The van der Waals surface area contributed by atoms with Gasteiger partial charge >= 0.3 is 10.2 Å². The van der Waals surface area contributed by atoms with Crippen molar-refractivity contribution in [2.24, 2.45) is 5.73 Å². The van der Waals surface area contributed by atoms with Gasteiger partial charge in [0.2, 0.25) is 0 Å². The van der Waals surface area contributed by atoms with Crippen LogP contribution < -0.4 is 10.0 Å². The van der Waals surface area contributed by atoms with Crippen molar-refractivity contribution < 1.29 is 8.42 Å². The number of anilines is 1. The zero-order chi connectivity index (χ0) is 15.3. The minimum Gasteiger partial charge on any atom is -0.393 e. The number of para-hydroxylation sites is 1. The Kier molecular flexibility index (Phi) is 5.91. The summed E-state index contributed by atoms with van der Waals surface area (Å²) in [6.45, 7) is 3.89. The summed E-state index contributed by atoms with van der Waals surface area (Å²) in [5.74, 6) is 0. The lowest BCUT2D eigenvalue weighted by Gasteiger charge is -2.31. The summed E-state index contributed by atoms with van der Waals surface area (Å²) in [5.41, 5.74) is 6.10. The van der Waals surface area contributed by atoms with E-state index < -0.39 is 10.2 Å². The van der Waals surface area contributed by atoms with Gasteiger partial charge in [0.1, 0.15) is 0 Å². The van der Waals surface area contributed by atoms with Gasteiger partial charge in [-0.1, -0.05) is 30.4 Å². The van der Waals surface area contributed by atoms with Crippen molar-refractivity contribution in [3.63, 3.8) is 0 Å². The molecule has 0 atom stereocenters. The summed E-state index contributed by atoms with van der Waals surface area (Å²) in [4.78, 5) is 0.299. The van der Waals surface area contributed by atoms with Gasteiger partial charge in [-0.15, -0.1) is 0 Å². The third-order valence-electron chi connectivity index (χ3n) is 2.98. The number of nitrogens with zero attached hydrogens (tertiary/aromatic N) is 2. The minimum atomic E-state index is -3.60. The molecule has 0 aromatic heterocycles. The maximum Gasteiger partial charge on any atom is 0.304 e. The molecule has 1 aromatic carbocycles. The van der Waals surface area contributed by atoms with Crippen LogP contribution >= 0.6 is 12.2 Å². The molecule has 0 radical (unpaired) electrons. The highest BCUT2D eigenvalue weighted by Crippen LogP contribution is 2.21. The second kappa shape index (κ2) is 7.01. The van der Waals surface area contributed by atoms with E-state index in [9.17, 15) is 8.42 Å². The van der Waals surface area contributed by atoms with Crippen molar-refractivity contribution in [2.75, 3.05) is 17.9 Å². The number of hydrogen-bond donors (Lipinski definition) is 1. The number of nitrogens with two attached hydrogens (primary N) is 1. The number of thiocarbonyl (C=S) groups is 1. The normalized spacial score (nSPS) is 11.8. The average molecular weight is 315 g/mol. The van der Waals surface area contributed by atoms with E-state index in [4.69, 9.17) is 18.0 Å². The van der Waals surface area contributed by atoms with Crippen LogP contribution in [-0.2, 0) is 10.2 Å². The SMILES string of the molecule is CC(C)N(C)S(=O)(=O)N(CCC(N)=S)c1ccccc1. The average Bonchev–Trinajstić information content (AvgIpc) is 2.38. The van der Waals surface area contributed by atoms with Crippen LogP contribution in [0.2, 0.25) is 0 Å². The van der Waals surface area contributed by atoms with Gasteiger partial charge in [-0.25, -0.2) is 0 Å². The number of hydrogen-bond acceptors (Lipinski definition) is 3. The fourth-order valence-electron chi connectivity index (χ4n) is 1.61. The maximum absolute atomic E-state index is 12.7. The molecule has 1 rings (SSSR count). The Morgan fingerprint density at radius 2 is 1.85 bits per heavy atom. The van der Waals surface area contributed by atoms with Gasteiger partial charge < -0.3 is 5.73 Å². The Morgan fingerprint density at radius 3 is 2.30 bits per heavy atom. The molecule has 5 nitrogen and oxygen atoms in total. The van der Waals surface area contributed by atoms with Gasteiger partial charge in [0.25, 0.3) is 0 Å². The standard InChI is InChI=1S/C13H21N3O2S2/c1-11(2)15(3)20(17,18)16(10-9-13(14)19)12-7-5-4-6-8-12/h4-8,11H,9-10H2,1-3H3,(H2,14,19). The molecule has 20 heavy (non-hydrogen) atoms. The van der Waals surface area contributed by atoms with E-state index in [1.165, 1.54) is 8.61 Å². The Bertz CT molecular complexity index is 544. The van der Waals surface area contributed by atoms with Crippen molar-refractivity contribution in [1.29, 1.82) is 0 Å². The van der Waals surface area contributed by atoms with Crippen LogP contribution in [0.4, 0.5) is 5.69 Å². The van der Waals surface area contributed by atoms with Crippen molar-refractivity contribution >= 4 is 33.1 Å². The van der Waals surface area contributed by atoms with Crippen LogP contribution in [0.25, 0.3) is 0 Å². The molecule has 0 fully saturated rings. The van der Waals surface area contributed by atoms with E-state index in [-0.39, 0.29) is 12.6 Å². The third kappa shape index (κ3) is 4.16. The molecule has 0 amide bonds. The molecule has 7 heteroatoms. The van der Waals surface area contributed by atoms with Gasteiger partial charge in [-0.2, -0.15) is 12.7 Å². The first-order chi connectivity index (χ1) is 9.26. The topological polar surface area (TPSA) is 66.6 Å². The first kappa shape index (κ1) is 16.9. The van der Waals surface area contributed by atoms with Crippen molar-refractivity contribution in [2.45, 2.75) is 26.3 Å². The monoisotopic (exact) mass is 315 g/mol. The van der Waals surface area contributed by atoms with E-state index >= 15 is 0 Å². The maximum atomic E-state index is 12.7. The molecule has 112 valence electrons. The van der Waals surface area contributed by atoms with E-state index in [1.54, 1.807) is 31.3 Å². The molecule has 0 saturated heterocycles. The zero-order valence-corrected chi connectivity index (χ0v) is 13.6.